The molecule has 0 saturated carbocycles. The van der Waals surface area contributed by atoms with E-state index in [0.717, 1.165) is 29.4 Å². The van der Waals surface area contributed by atoms with Crippen LogP contribution < -0.4 is 9.62 Å². The summed E-state index contributed by atoms with van der Waals surface area (Å²) in [5.74, 6) is -1.92. The van der Waals surface area contributed by atoms with Gasteiger partial charge in [-0.25, -0.2) is 12.8 Å². The molecule has 2 amide bonds. The maximum atomic E-state index is 13.4. The molecule has 36 heavy (non-hydrogen) atoms. The van der Waals surface area contributed by atoms with Gasteiger partial charge in [-0.3, -0.25) is 13.9 Å². The zero-order chi connectivity index (χ0) is 27.3. The molecule has 0 aliphatic carbocycles. The first-order valence-electron chi connectivity index (χ1n) is 10.8. The van der Waals surface area contributed by atoms with E-state index in [-0.39, 0.29) is 11.6 Å². The van der Waals surface area contributed by atoms with Crippen molar-refractivity contribution in [2.75, 3.05) is 23.7 Å². The summed E-state index contributed by atoms with van der Waals surface area (Å²) in [6.07, 6.45) is -3.44. The molecule has 0 bridgehead atoms. The Balaban J connectivity index is 2.47. The number of amides is 2. The molecule has 0 saturated heterocycles. The van der Waals surface area contributed by atoms with Crippen molar-refractivity contribution >= 4 is 39.1 Å². The third kappa shape index (κ3) is 7.82. The SMILES string of the molecule is CCCNC(=O)[C@@H](C)N(Cc1ccc(F)cc1)C(=O)CN(c1cc(C(F)(F)F)ccc1Cl)S(C)(=O)=O. The minimum absolute atomic E-state index is 0.187. The van der Waals surface area contributed by atoms with E-state index in [9.17, 15) is 35.6 Å². The Kier molecular flexibility index (Phi) is 9.72. The number of nitrogens with one attached hydrogen (secondary N) is 1. The number of rotatable bonds is 10. The Morgan fingerprint density at radius 2 is 1.72 bits per heavy atom. The second kappa shape index (κ2) is 11.9. The Morgan fingerprint density at radius 3 is 2.25 bits per heavy atom. The van der Waals surface area contributed by atoms with Crippen molar-refractivity contribution in [3.8, 4) is 0 Å². The highest BCUT2D eigenvalue weighted by Crippen LogP contribution is 2.36. The van der Waals surface area contributed by atoms with Crippen LogP contribution >= 0.6 is 11.6 Å². The number of benzene rings is 2. The second-order valence-corrected chi connectivity index (χ2v) is 10.4. The lowest BCUT2D eigenvalue weighted by molar-refractivity contribution is -0.139. The fourth-order valence-corrected chi connectivity index (χ4v) is 4.36. The summed E-state index contributed by atoms with van der Waals surface area (Å²) in [5, 5.41) is 2.32. The van der Waals surface area contributed by atoms with Crippen molar-refractivity contribution in [3.63, 3.8) is 0 Å². The van der Waals surface area contributed by atoms with Crippen LogP contribution in [0.25, 0.3) is 0 Å². The summed E-state index contributed by atoms with van der Waals surface area (Å²) >= 11 is 6.03. The highest BCUT2D eigenvalue weighted by molar-refractivity contribution is 7.92. The molecule has 7 nitrogen and oxygen atoms in total. The molecule has 2 rings (SSSR count). The molecule has 0 unspecified atom stereocenters. The lowest BCUT2D eigenvalue weighted by atomic mass is 10.1. The number of nitrogens with zero attached hydrogens (tertiary/aromatic N) is 2. The largest absolute Gasteiger partial charge is 0.416 e. The molecular weight excluding hydrogens is 526 g/mol. The Hall–Kier alpha value is -2.86. The van der Waals surface area contributed by atoms with E-state index in [1.165, 1.54) is 19.1 Å². The zero-order valence-electron chi connectivity index (χ0n) is 19.8. The molecule has 0 fully saturated rings. The first-order valence-corrected chi connectivity index (χ1v) is 13.0. The highest BCUT2D eigenvalue weighted by Gasteiger charge is 2.34. The van der Waals surface area contributed by atoms with E-state index < -0.39 is 57.7 Å². The van der Waals surface area contributed by atoms with Crippen molar-refractivity contribution in [1.82, 2.24) is 10.2 Å². The molecule has 0 spiro atoms. The topological polar surface area (TPSA) is 86.8 Å². The summed E-state index contributed by atoms with van der Waals surface area (Å²) in [7, 11) is -4.29. The lowest BCUT2D eigenvalue weighted by Gasteiger charge is -2.32. The van der Waals surface area contributed by atoms with E-state index in [4.69, 9.17) is 11.6 Å². The number of halogens is 5. The molecule has 0 heterocycles. The number of anilines is 1. The third-order valence-corrected chi connectivity index (χ3v) is 6.65. The van der Waals surface area contributed by atoms with E-state index in [1.54, 1.807) is 0 Å². The normalized spacial score (nSPS) is 12.7. The van der Waals surface area contributed by atoms with E-state index in [1.807, 2.05) is 6.92 Å². The van der Waals surface area contributed by atoms with Crippen LogP contribution in [0.4, 0.5) is 23.2 Å². The summed E-state index contributed by atoms with van der Waals surface area (Å²) in [5.41, 5.74) is -1.24. The highest BCUT2D eigenvalue weighted by atomic mass is 35.5. The molecule has 0 radical (unpaired) electrons. The van der Waals surface area contributed by atoms with Gasteiger partial charge in [0.1, 0.15) is 18.4 Å². The van der Waals surface area contributed by atoms with Crippen LogP contribution in [0.15, 0.2) is 42.5 Å². The Labute approximate surface area is 212 Å². The smallest absolute Gasteiger partial charge is 0.354 e. The molecular formula is C23H26ClF4N3O4S. The first kappa shape index (κ1) is 29.4. The van der Waals surface area contributed by atoms with E-state index in [2.05, 4.69) is 5.32 Å². The van der Waals surface area contributed by atoms with Crippen LogP contribution in [0, 0.1) is 5.82 Å². The van der Waals surface area contributed by atoms with Gasteiger partial charge in [0.25, 0.3) is 0 Å². The van der Waals surface area contributed by atoms with Crippen molar-refractivity contribution in [2.45, 2.75) is 39.0 Å². The predicted octanol–water partition coefficient (Wildman–Crippen LogP) is 4.21. The molecule has 1 N–H and O–H groups in total. The minimum Gasteiger partial charge on any atom is -0.354 e. The van der Waals surface area contributed by atoms with Crippen LogP contribution in [0.3, 0.4) is 0 Å². The van der Waals surface area contributed by atoms with Crippen LogP contribution in [0.5, 0.6) is 0 Å². The van der Waals surface area contributed by atoms with Gasteiger partial charge in [-0.05, 0) is 49.2 Å². The van der Waals surface area contributed by atoms with Gasteiger partial charge in [0, 0.05) is 13.1 Å². The molecule has 198 valence electrons. The number of hydrogen-bond acceptors (Lipinski definition) is 4. The predicted molar refractivity (Wildman–Crippen MR) is 128 cm³/mol. The molecule has 0 aliphatic rings. The van der Waals surface area contributed by atoms with Gasteiger partial charge < -0.3 is 10.2 Å². The maximum absolute atomic E-state index is 13.4. The zero-order valence-corrected chi connectivity index (χ0v) is 21.3. The number of carbonyl (C=O) groups excluding carboxylic acids is 2. The minimum atomic E-state index is -4.78. The quantitative estimate of drug-likeness (QED) is 0.448. The van der Waals surface area contributed by atoms with Crippen molar-refractivity contribution < 1.29 is 35.6 Å². The van der Waals surface area contributed by atoms with Crippen LogP contribution in [0.2, 0.25) is 5.02 Å². The van der Waals surface area contributed by atoms with Gasteiger partial charge in [0.15, 0.2) is 0 Å². The van der Waals surface area contributed by atoms with Gasteiger partial charge in [-0.2, -0.15) is 13.2 Å². The lowest BCUT2D eigenvalue weighted by Crippen LogP contribution is -2.51. The van der Waals surface area contributed by atoms with E-state index >= 15 is 0 Å². The second-order valence-electron chi connectivity index (χ2n) is 8.05. The maximum Gasteiger partial charge on any atom is 0.416 e. The molecule has 1 atom stereocenters. The summed E-state index contributed by atoms with van der Waals surface area (Å²) < 4.78 is 78.7. The van der Waals surface area contributed by atoms with Crippen molar-refractivity contribution in [2.24, 2.45) is 0 Å². The van der Waals surface area contributed by atoms with Crippen molar-refractivity contribution in [1.29, 1.82) is 0 Å². The Morgan fingerprint density at radius 1 is 1.11 bits per heavy atom. The van der Waals surface area contributed by atoms with Crippen LogP contribution in [-0.2, 0) is 32.3 Å². The van der Waals surface area contributed by atoms with Gasteiger partial charge in [-0.1, -0.05) is 30.7 Å². The number of sulfonamides is 1. The standard InChI is InChI=1S/C23H26ClF4N3O4S/c1-4-11-29-22(33)15(2)30(13-16-5-8-18(25)9-6-16)21(32)14-31(36(3,34)35)20-12-17(23(26,27)28)7-10-19(20)24/h5-10,12,15H,4,11,13-14H2,1-3H3,(H,29,33)/t15-/m1/s1. The molecule has 2 aromatic carbocycles. The van der Waals surface area contributed by atoms with Gasteiger partial charge in [0.2, 0.25) is 21.8 Å². The fraction of sp³-hybridized carbons (Fsp3) is 0.391. The fourth-order valence-electron chi connectivity index (χ4n) is 3.24. The number of alkyl halides is 3. The van der Waals surface area contributed by atoms with Gasteiger partial charge >= 0.3 is 6.18 Å². The average Bonchev–Trinajstić information content (AvgIpc) is 2.79. The number of hydrogen-bond donors (Lipinski definition) is 1. The average molecular weight is 552 g/mol. The summed E-state index contributed by atoms with van der Waals surface area (Å²) in [6.45, 7) is 2.47. The van der Waals surface area contributed by atoms with E-state index in [0.29, 0.717) is 35.0 Å². The van der Waals surface area contributed by atoms with Crippen LogP contribution in [-0.4, -0.2) is 50.5 Å². The van der Waals surface area contributed by atoms with Gasteiger partial charge in [-0.15, -0.1) is 0 Å². The van der Waals surface area contributed by atoms with Crippen LogP contribution in [0.1, 0.15) is 31.4 Å². The first-order chi connectivity index (χ1) is 16.6. The third-order valence-electron chi connectivity index (χ3n) is 5.20. The molecule has 2 aromatic rings. The molecule has 0 aromatic heterocycles. The molecule has 0 aliphatic heterocycles. The summed E-state index contributed by atoms with van der Waals surface area (Å²) in [4.78, 5) is 27.0. The molecule has 13 heteroatoms. The van der Waals surface area contributed by atoms with Crippen molar-refractivity contribution in [3.05, 3.63) is 64.4 Å². The Bertz CT molecular complexity index is 1190. The summed E-state index contributed by atoms with van der Waals surface area (Å²) in [6, 6.07) is 6.14. The number of carbonyl (C=O) groups is 2. The monoisotopic (exact) mass is 551 g/mol. The van der Waals surface area contributed by atoms with Gasteiger partial charge in [0.05, 0.1) is 22.5 Å².